The summed E-state index contributed by atoms with van der Waals surface area (Å²) in [4.78, 5) is 0. The van der Waals surface area contributed by atoms with Crippen molar-refractivity contribution in [2.75, 3.05) is 324 Å². The van der Waals surface area contributed by atoms with E-state index in [-0.39, 0.29) is 6.61 Å². The Hall–Kier alpha value is -1.00. The van der Waals surface area contributed by atoms with Gasteiger partial charge in [0.25, 0.3) is 0 Å². The number of hydrogen-bond acceptors (Lipinski definition) is 25. The van der Waals surface area contributed by atoms with Crippen molar-refractivity contribution in [1.29, 1.82) is 0 Å². The van der Waals surface area contributed by atoms with Gasteiger partial charge in [0.2, 0.25) is 0 Å². The van der Waals surface area contributed by atoms with Gasteiger partial charge >= 0.3 is 0 Å². The molecule has 25 nitrogen and oxygen atoms in total. The van der Waals surface area contributed by atoms with Gasteiger partial charge in [0.05, 0.1) is 317 Å². The van der Waals surface area contributed by atoms with Crippen LogP contribution in [0.2, 0.25) is 0 Å². The second-order valence-electron chi connectivity index (χ2n) is 19.0. The van der Waals surface area contributed by atoms with Gasteiger partial charge in [-0.25, -0.2) is 0 Å². The van der Waals surface area contributed by atoms with Crippen LogP contribution in [0, 0.1) is 0 Å². The van der Waals surface area contributed by atoms with Gasteiger partial charge in [-0.3, -0.25) is 0 Å². The molecule has 0 saturated heterocycles. The molecular formula is C61H124O25. The number of aliphatic hydroxyl groups excluding tert-OH is 1. The van der Waals surface area contributed by atoms with E-state index >= 15 is 0 Å². The Bertz CT molecular complexity index is 1060. The maximum Gasteiger partial charge on any atom is 0.0701 e. The second kappa shape index (κ2) is 84.0. The van der Waals surface area contributed by atoms with E-state index in [9.17, 15) is 0 Å². The molecule has 0 heterocycles. The fraction of sp³-hybridized carbons (Fsp3) is 1.00. The van der Waals surface area contributed by atoms with Crippen LogP contribution < -0.4 is 0 Å². The third-order valence-corrected chi connectivity index (χ3v) is 11.7. The number of rotatable bonds is 83. The summed E-state index contributed by atoms with van der Waals surface area (Å²) in [5.41, 5.74) is 0. The third kappa shape index (κ3) is 83.0. The average Bonchev–Trinajstić information content (AvgIpc) is 3.52. The summed E-state index contributed by atoms with van der Waals surface area (Å²) in [6.45, 7) is 26.5. The van der Waals surface area contributed by atoms with Crippen molar-refractivity contribution in [2.45, 2.75) is 77.6 Å². The summed E-state index contributed by atoms with van der Waals surface area (Å²) in [5, 5.41) is 8.62. The van der Waals surface area contributed by atoms with Crippen molar-refractivity contribution in [3.8, 4) is 0 Å². The first-order valence-electron chi connectivity index (χ1n) is 32.4. The second-order valence-corrected chi connectivity index (χ2v) is 19.0. The Labute approximate surface area is 518 Å². The highest BCUT2D eigenvalue weighted by molar-refractivity contribution is 4.49. The van der Waals surface area contributed by atoms with Crippen LogP contribution in [-0.2, 0) is 114 Å². The predicted octanol–water partition coefficient (Wildman–Crippen LogP) is 4.69. The van der Waals surface area contributed by atoms with Gasteiger partial charge in [-0.15, -0.1) is 0 Å². The summed E-state index contributed by atoms with van der Waals surface area (Å²) in [5.74, 6) is 0. The van der Waals surface area contributed by atoms with Crippen LogP contribution in [0.1, 0.15) is 77.6 Å². The van der Waals surface area contributed by atoms with Gasteiger partial charge in [0.15, 0.2) is 0 Å². The molecule has 0 radical (unpaired) electrons. The average molecular weight is 1260 g/mol. The lowest BCUT2D eigenvalue weighted by Gasteiger charge is -2.09. The third-order valence-electron chi connectivity index (χ3n) is 11.7. The zero-order valence-corrected chi connectivity index (χ0v) is 53.7. The summed E-state index contributed by atoms with van der Waals surface area (Å²) in [6, 6.07) is 0. The van der Waals surface area contributed by atoms with Crippen LogP contribution in [0.25, 0.3) is 0 Å². The molecule has 0 saturated carbocycles. The summed E-state index contributed by atoms with van der Waals surface area (Å²) < 4.78 is 132. The number of unbranched alkanes of at least 4 members (excludes halogenated alkanes) is 10. The largest absolute Gasteiger partial charge is 0.394 e. The van der Waals surface area contributed by atoms with Gasteiger partial charge in [0, 0.05) is 6.61 Å². The van der Waals surface area contributed by atoms with Crippen LogP contribution in [-0.4, -0.2) is 329 Å². The number of hydrogen-bond donors (Lipinski definition) is 1. The highest BCUT2D eigenvalue weighted by atomic mass is 16.6. The molecule has 0 fully saturated rings. The Kier molecular flexibility index (Phi) is 83.0. The van der Waals surface area contributed by atoms with E-state index < -0.39 is 0 Å². The van der Waals surface area contributed by atoms with E-state index in [0.717, 1.165) is 13.0 Å². The Morgan fingerprint density at radius 3 is 0.360 bits per heavy atom. The van der Waals surface area contributed by atoms with Gasteiger partial charge < -0.3 is 119 Å². The zero-order valence-electron chi connectivity index (χ0n) is 53.7. The maximum absolute atomic E-state index is 8.62. The van der Waals surface area contributed by atoms with Crippen LogP contribution in [0.4, 0.5) is 0 Å². The number of aliphatic hydroxyl groups is 1. The molecule has 0 amide bonds. The zero-order chi connectivity index (χ0) is 61.4. The minimum Gasteiger partial charge on any atom is -0.394 e. The minimum atomic E-state index is 0.0185. The van der Waals surface area contributed by atoms with E-state index in [2.05, 4.69) is 6.92 Å². The maximum atomic E-state index is 8.62. The first kappa shape index (κ1) is 85.0. The molecule has 1 N–H and O–H groups in total. The quantitative estimate of drug-likeness (QED) is 0.0813. The molecule has 25 heteroatoms. The van der Waals surface area contributed by atoms with E-state index in [1.165, 1.54) is 64.2 Å². The normalized spacial score (nSPS) is 11.8. The number of ether oxygens (including phenoxy) is 24. The van der Waals surface area contributed by atoms with Gasteiger partial charge in [-0.1, -0.05) is 71.1 Å². The summed E-state index contributed by atoms with van der Waals surface area (Å²) in [6.07, 6.45) is 14.8. The molecule has 0 aliphatic rings. The van der Waals surface area contributed by atoms with Crippen LogP contribution in [0.5, 0.6) is 0 Å². The molecule has 0 aliphatic heterocycles. The lowest BCUT2D eigenvalue weighted by atomic mass is 10.1. The fourth-order valence-electron chi connectivity index (χ4n) is 7.09. The van der Waals surface area contributed by atoms with E-state index in [1.807, 2.05) is 0 Å². The first-order valence-corrected chi connectivity index (χ1v) is 32.4. The van der Waals surface area contributed by atoms with Gasteiger partial charge in [0.1, 0.15) is 0 Å². The first-order chi connectivity index (χ1) is 42.9. The highest BCUT2D eigenvalue weighted by Crippen LogP contribution is 2.11. The van der Waals surface area contributed by atoms with E-state index in [0.29, 0.717) is 311 Å². The SMILES string of the molecule is CCCCCCCCCCCCCOCCOCCOCCOCCOCCOCCOCCOCCOCCOCCOCCOCCOCCOCCOCCOCCOCCOCCOCCOCCOCCOCCOCCOCCO. The summed E-state index contributed by atoms with van der Waals surface area (Å²) >= 11 is 0. The van der Waals surface area contributed by atoms with E-state index in [1.54, 1.807) is 0 Å². The van der Waals surface area contributed by atoms with Crippen molar-refractivity contribution >= 4 is 0 Å². The molecule has 0 spiro atoms. The van der Waals surface area contributed by atoms with Crippen LogP contribution in [0.3, 0.4) is 0 Å². The molecule has 0 aromatic heterocycles. The van der Waals surface area contributed by atoms with Crippen LogP contribution in [0.15, 0.2) is 0 Å². The lowest BCUT2D eigenvalue weighted by molar-refractivity contribution is -0.0320. The standard InChI is InChI=1S/C61H124O25/c1-2-3-4-5-6-7-8-9-10-11-12-14-63-16-18-65-20-22-67-24-26-69-28-30-71-32-34-73-36-38-75-40-42-77-44-46-79-48-50-81-52-54-83-56-58-85-60-61-86-59-57-84-55-53-82-51-49-80-47-45-78-43-41-76-39-37-74-35-33-72-31-29-70-27-25-68-23-21-66-19-17-64-15-13-62/h62H,2-61H2,1H3. The molecule has 0 unspecified atom stereocenters. The molecule has 0 bridgehead atoms. The minimum absolute atomic E-state index is 0.0185. The van der Waals surface area contributed by atoms with Crippen molar-refractivity contribution in [1.82, 2.24) is 0 Å². The topological polar surface area (TPSA) is 242 Å². The van der Waals surface area contributed by atoms with Crippen molar-refractivity contribution in [3.63, 3.8) is 0 Å². The Morgan fingerprint density at radius 1 is 0.128 bits per heavy atom. The molecule has 0 aromatic rings. The highest BCUT2D eigenvalue weighted by Gasteiger charge is 2.01. The van der Waals surface area contributed by atoms with Gasteiger partial charge in [-0.05, 0) is 6.42 Å². The molecule has 0 atom stereocenters. The summed E-state index contributed by atoms with van der Waals surface area (Å²) in [7, 11) is 0. The molecule has 518 valence electrons. The Morgan fingerprint density at radius 2 is 0.233 bits per heavy atom. The van der Waals surface area contributed by atoms with Crippen LogP contribution >= 0.6 is 0 Å². The molecular weight excluding hydrogens is 1130 g/mol. The smallest absolute Gasteiger partial charge is 0.0701 e. The van der Waals surface area contributed by atoms with E-state index in [4.69, 9.17) is 119 Å². The van der Waals surface area contributed by atoms with Gasteiger partial charge in [-0.2, -0.15) is 0 Å². The van der Waals surface area contributed by atoms with Crippen molar-refractivity contribution in [2.24, 2.45) is 0 Å². The molecule has 0 rings (SSSR count). The van der Waals surface area contributed by atoms with Crippen molar-refractivity contribution < 1.29 is 119 Å². The predicted molar refractivity (Wildman–Crippen MR) is 323 cm³/mol. The Balaban J connectivity index is 3.08. The molecule has 0 aromatic carbocycles. The lowest BCUT2D eigenvalue weighted by Crippen LogP contribution is -2.16. The van der Waals surface area contributed by atoms with Crippen molar-refractivity contribution in [3.05, 3.63) is 0 Å². The fourth-order valence-corrected chi connectivity index (χ4v) is 7.09. The molecule has 86 heavy (non-hydrogen) atoms. The molecule has 0 aliphatic carbocycles. The monoisotopic (exact) mass is 1260 g/mol.